The van der Waals surface area contributed by atoms with Crippen LogP contribution in [0.4, 0.5) is 4.79 Å². The maximum Gasteiger partial charge on any atom is 0.416 e. The highest BCUT2D eigenvalue weighted by Crippen LogP contribution is 2.31. The second kappa shape index (κ2) is 12.4. The molecule has 1 saturated heterocycles. The number of carbonyl (C=O) groups is 2. The first-order valence-electron chi connectivity index (χ1n) is 11.8. The number of ether oxygens (including phenoxy) is 4. The van der Waals surface area contributed by atoms with Crippen LogP contribution in [0.25, 0.3) is 0 Å². The van der Waals surface area contributed by atoms with E-state index in [-0.39, 0.29) is 30.4 Å². The van der Waals surface area contributed by atoms with Gasteiger partial charge in [0.15, 0.2) is 11.5 Å². The highest BCUT2D eigenvalue weighted by Gasteiger charge is 2.41. The molecule has 0 aromatic heterocycles. The van der Waals surface area contributed by atoms with Gasteiger partial charge in [-0.05, 0) is 42.0 Å². The molecular formula is C27H35NO6. The van der Waals surface area contributed by atoms with Crippen molar-refractivity contribution in [1.82, 2.24) is 4.90 Å². The second-order valence-electron chi connectivity index (χ2n) is 8.86. The molecule has 1 fully saturated rings. The Kier molecular flexibility index (Phi) is 9.33. The molecule has 0 spiro atoms. The third-order valence-corrected chi connectivity index (χ3v) is 6.07. The van der Waals surface area contributed by atoms with Gasteiger partial charge in [0.1, 0.15) is 6.61 Å². The summed E-state index contributed by atoms with van der Waals surface area (Å²) in [6.07, 6.45) is 1.26. The molecule has 2 aromatic carbocycles. The molecule has 2 atom stereocenters. The molecule has 1 unspecified atom stereocenters. The van der Waals surface area contributed by atoms with Gasteiger partial charge in [-0.25, -0.2) is 9.69 Å². The molecule has 0 radical (unpaired) electrons. The fraction of sp³-hybridized carbons (Fsp3) is 0.481. The average molecular weight is 470 g/mol. The summed E-state index contributed by atoms with van der Waals surface area (Å²) in [5.41, 5.74) is 2.01. The van der Waals surface area contributed by atoms with Crippen LogP contribution < -0.4 is 9.47 Å². The van der Waals surface area contributed by atoms with E-state index in [1.54, 1.807) is 14.2 Å². The molecule has 2 amide bonds. The Balaban J connectivity index is 1.76. The lowest BCUT2D eigenvalue weighted by Gasteiger charge is -2.27. The molecule has 2 aromatic rings. The SMILES string of the molecule is COCCCOc1cc(CC(C(=O)N2C(=O)OC[C@H]2Cc2ccccc2)C(C)C)ccc1OC. The van der Waals surface area contributed by atoms with Gasteiger partial charge in [0.25, 0.3) is 0 Å². The lowest BCUT2D eigenvalue weighted by molar-refractivity contribution is -0.134. The van der Waals surface area contributed by atoms with Crippen molar-refractivity contribution in [1.29, 1.82) is 0 Å². The van der Waals surface area contributed by atoms with Crippen LogP contribution in [0.1, 0.15) is 31.4 Å². The van der Waals surface area contributed by atoms with Crippen LogP contribution in [0.3, 0.4) is 0 Å². The van der Waals surface area contributed by atoms with Gasteiger partial charge in [0.05, 0.1) is 19.8 Å². The van der Waals surface area contributed by atoms with E-state index >= 15 is 0 Å². The van der Waals surface area contributed by atoms with Gasteiger partial charge < -0.3 is 18.9 Å². The van der Waals surface area contributed by atoms with E-state index in [0.29, 0.717) is 37.6 Å². The monoisotopic (exact) mass is 469 g/mol. The number of cyclic esters (lactones) is 1. The Bertz CT molecular complexity index is 945. The van der Waals surface area contributed by atoms with Crippen LogP contribution in [0.5, 0.6) is 11.5 Å². The first kappa shape index (κ1) is 25.6. The van der Waals surface area contributed by atoms with Crippen LogP contribution in [-0.4, -0.2) is 57.0 Å². The molecule has 7 nitrogen and oxygen atoms in total. The molecule has 34 heavy (non-hydrogen) atoms. The lowest BCUT2D eigenvalue weighted by atomic mass is 9.87. The average Bonchev–Trinajstić information content (AvgIpc) is 3.20. The summed E-state index contributed by atoms with van der Waals surface area (Å²) in [5, 5.41) is 0. The van der Waals surface area contributed by atoms with Crippen LogP contribution in [0.2, 0.25) is 0 Å². The van der Waals surface area contributed by atoms with Crippen molar-refractivity contribution in [2.45, 2.75) is 39.2 Å². The number of hydrogen-bond donors (Lipinski definition) is 0. The summed E-state index contributed by atoms with van der Waals surface area (Å²) in [4.78, 5) is 27.5. The van der Waals surface area contributed by atoms with Crippen LogP contribution >= 0.6 is 0 Å². The van der Waals surface area contributed by atoms with Crippen molar-refractivity contribution < 1.29 is 28.5 Å². The fourth-order valence-corrected chi connectivity index (χ4v) is 4.15. The maximum absolute atomic E-state index is 13.6. The second-order valence-corrected chi connectivity index (χ2v) is 8.86. The molecule has 7 heteroatoms. The molecule has 0 saturated carbocycles. The number of nitrogens with zero attached hydrogens (tertiary/aromatic N) is 1. The highest BCUT2D eigenvalue weighted by atomic mass is 16.6. The van der Waals surface area contributed by atoms with Crippen LogP contribution in [-0.2, 0) is 27.1 Å². The topological polar surface area (TPSA) is 74.3 Å². The number of carbonyl (C=O) groups excluding carboxylic acids is 2. The smallest absolute Gasteiger partial charge is 0.416 e. The first-order valence-corrected chi connectivity index (χ1v) is 11.8. The normalized spacial score (nSPS) is 16.4. The Morgan fingerprint density at radius 3 is 2.50 bits per heavy atom. The standard InChI is InChI=1S/C27H35NO6/c1-19(2)23(16-21-11-12-24(32-4)25(17-21)33-14-8-13-31-3)26(29)28-22(18-34-27(28)30)15-20-9-6-5-7-10-20/h5-7,9-12,17,19,22-23H,8,13-16,18H2,1-4H3/t22-,23?/m1/s1. The van der Waals surface area contributed by atoms with Gasteiger partial charge in [-0.15, -0.1) is 0 Å². The maximum atomic E-state index is 13.6. The largest absolute Gasteiger partial charge is 0.493 e. The minimum absolute atomic E-state index is 0.0337. The van der Waals surface area contributed by atoms with E-state index in [9.17, 15) is 9.59 Å². The van der Waals surface area contributed by atoms with E-state index in [1.807, 2.05) is 62.4 Å². The van der Waals surface area contributed by atoms with Gasteiger partial charge in [-0.2, -0.15) is 0 Å². The highest BCUT2D eigenvalue weighted by molar-refractivity contribution is 5.95. The summed E-state index contributed by atoms with van der Waals surface area (Å²) in [6.45, 7) is 5.33. The van der Waals surface area contributed by atoms with Gasteiger partial charge in [0.2, 0.25) is 5.91 Å². The number of amides is 2. The number of benzene rings is 2. The van der Waals surface area contributed by atoms with Crippen molar-refractivity contribution in [3.8, 4) is 11.5 Å². The minimum atomic E-state index is -0.562. The molecule has 184 valence electrons. The number of rotatable bonds is 12. The van der Waals surface area contributed by atoms with E-state index < -0.39 is 6.09 Å². The molecule has 1 aliphatic rings. The Morgan fingerprint density at radius 2 is 1.82 bits per heavy atom. The predicted octanol–water partition coefficient (Wildman–Crippen LogP) is 4.52. The van der Waals surface area contributed by atoms with Crippen molar-refractivity contribution >= 4 is 12.0 Å². The van der Waals surface area contributed by atoms with Gasteiger partial charge >= 0.3 is 6.09 Å². The predicted molar refractivity (Wildman–Crippen MR) is 129 cm³/mol. The van der Waals surface area contributed by atoms with Crippen molar-refractivity contribution in [2.24, 2.45) is 11.8 Å². The zero-order chi connectivity index (χ0) is 24.5. The molecule has 3 rings (SSSR count). The third-order valence-electron chi connectivity index (χ3n) is 6.07. The summed E-state index contributed by atoms with van der Waals surface area (Å²) in [7, 11) is 3.26. The molecule has 0 aliphatic carbocycles. The molecule has 0 bridgehead atoms. The summed E-state index contributed by atoms with van der Waals surface area (Å²) < 4.78 is 21.7. The van der Waals surface area contributed by atoms with Crippen molar-refractivity contribution in [3.63, 3.8) is 0 Å². The Morgan fingerprint density at radius 1 is 1.06 bits per heavy atom. The van der Waals surface area contributed by atoms with Crippen molar-refractivity contribution in [2.75, 3.05) is 34.0 Å². The van der Waals surface area contributed by atoms with Gasteiger partial charge in [-0.1, -0.05) is 50.2 Å². The first-order chi connectivity index (χ1) is 16.4. The van der Waals surface area contributed by atoms with E-state index in [1.165, 1.54) is 4.90 Å². The van der Waals surface area contributed by atoms with E-state index in [4.69, 9.17) is 18.9 Å². The summed E-state index contributed by atoms with van der Waals surface area (Å²) in [6, 6.07) is 15.2. The molecular weight excluding hydrogens is 434 g/mol. The van der Waals surface area contributed by atoms with Crippen molar-refractivity contribution in [3.05, 3.63) is 59.7 Å². The van der Waals surface area contributed by atoms with Crippen LogP contribution in [0.15, 0.2) is 48.5 Å². The lowest BCUT2D eigenvalue weighted by Crippen LogP contribution is -2.45. The fourth-order valence-electron chi connectivity index (χ4n) is 4.15. The summed E-state index contributed by atoms with van der Waals surface area (Å²) in [5.74, 6) is 0.732. The molecule has 0 N–H and O–H groups in total. The molecule has 1 heterocycles. The number of imide groups is 1. The zero-order valence-electron chi connectivity index (χ0n) is 20.5. The van der Waals surface area contributed by atoms with E-state index in [0.717, 1.165) is 17.5 Å². The Labute approximate surface area is 201 Å². The number of hydrogen-bond acceptors (Lipinski definition) is 6. The number of methoxy groups -OCH3 is 2. The molecule has 1 aliphatic heterocycles. The quantitative estimate of drug-likeness (QED) is 0.426. The van der Waals surface area contributed by atoms with E-state index in [2.05, 4.69) is 0 Å². The Hall–Kier alpha value is -3.06. The minimum Gasteiger partial charge on any atom is -0.493 e. The third kappa shape index (κ3) is 6.50. The van der Waals surface area contributed by atoms with Crippen LogP contribution in [0, 0.1) is 11.8 Å². The van der Waals surface area contributed by atoms with Gasteiger partial charge in [0, 0.05) is 26.1 Å². The van der Waals surface area contributed by atoms with Gasteiger partial charge in [-0.3, -0.25) is 4.79 Å². The summed E-state index contributed by atoms with van der Waals surface area (Å²) >= 11 is 0. The zero-order valence-corrected chi connectivity index (χ0v) is 20.5.